The average molecular weight is 618 g/mol. The average Bonchev–Trinajstić information content (AvgIpc) is 3.09. The van der Waals surface area contributed by atoms with Crippen molar-refractivity contribution in [2.24, 2.45) is 0 Å². The highest BCUT2D eigenvalue weighted by Gasteiger charge is 2.19. The highest BCUT2D eigenvalue weighted by Crippen LogP contribution is 2.33. The number of rotatable bonds is 11. The summed E-state index contributed by atoms with van der Waals surface area (Å²) in [5, 5.41) is 3.47. The molecule has 0 fully saturated rings. The van der Waals surface area contributed by atoms with E-state index in [1.54, 1.807) is 45.6 Å². The minimum atomic E-state index is -0.282. The van der Waals surface area contributed by atoms with E-state index in [2.05, 4.69) is 39.5 Å². The molecule has 1 aromatic heterocycles. The van der Waals surface area contributed by atoms with Crippen LogP contribution in [0, 0.1) is 0 Å². The Morgan fingerprint density at radius 1 is 0.848 bits per heavy atom. The largest absolute Gasteiger partial charge is 0.497 e. The number of methoxy groups -OCH3 is 3. The molecule has 0 atom stereocenters. The van der Waals surface area contributed by atoms with Crippen molar-refractivity contribution < 1.29 is 19.0 Å². The zero-order valence-electron chi connectivity index (χ0n) is 26.5. The van der Waals surface area contributed by atoms with Gasteiger partial charge in [-0.25, -0.2) is 0 Å². The van der Waals surface area contributed by atoms with Crippen LogP contribution in [0.4, 0.5) is 5.69 Å². The SMILES string of the molecule is COc1cccc(-c2cc(=O)c3cccc(C(=O)Nc4ccc(CCCCN5CCc6cc(OC)c(OC)cc6C5)cc4)c3[nH]2)c1. The van der Waals surface area contributed by atoms with E-state index in [0.29, 0.717) is 33.6 Å². The van der Waals surface area contributed by atoms with Crippen LogP contribution in [-0.2, 0) is 19.4 Å². The molecule has 0 radical (unpaired) electrons. The fraction of sp³-hybridized carbons (Fsp3) is 0.263. The number of pyridine rings is 1. The first-order valence-corrected chi connectivity index (χ1v) is 15.6. The maximum atomic E-state index is 13.4. The Morgan fingerprint density at radius 3 is 2.37 bits per heavy atom. The molecule has 1 amide bonds. The van der Waals surface area contributed by atoms with Gasteiger partial charge in [-0.05, 0) is 97.4 Å². The summed E-state index contributed by atoms with van der Waals surface area (Å²) in [6.07, 6.45) is 4.18. The van der Waals surface area contributed by atoms with E-state index >= 15 is 0 Å². The van der Waals surface area contributed by atoms with Gasteiger partial charge in [0.25, 0.3) is 5.91 Å². The van der Waals surface area contributed by atoms with Crippen molar-refractivity contribution in [2.75, 3.05) is 39.7 Å². The number of amides is 1. The summed E-state index contributed by atoms with van der Waals surface area (Å²) < 4.78 is 16.3. The van der Waals surface area contributed by atoms with Crippen LogP contribution in [0.15, 0.2) is 89.7 Å². The third-order valence-electron chi connectivity index (χ3n) is 8.69. The molecule has 2 N–H and O–H groups in total. The Morgan fingerprint density at radius 2 is 1.61 bits per heavy atom. The van der Waals surface area contributed by atoms with Gasteiger partial charge < -0.3 is 24.5 Å². The Hall–Kier alpha value is -5.08. The van der Waals surface area contributed by atoms with Gasteiger partial charge in [-0.3, -0.25) is 14.5 Å². The highest BCUT2D eigenvalue weighted by atomic mass is 16.5. The Kier molecular flexibility index (Phi) is 9.36. The number of H-pyrrole nitrogens is 1. The molecular weight excluding hydrogens is 578 g/mol. The number of para-hydroxylation sites is 1. The van der Waals surface area contributed by atoms with Gasteiger partial charge in [0.2, 0.25) is 0 Å². The van der Waals surface area contributed by atoms with Crippen LogP contribution in [0.2, 0.25) is 0 Å². The second-order valence-corrected chi connectivity index (χ2v) is 11.6. The van der Waals surface area contributed by atoms with Gasteiger partial charge in [-0.15, -0.1) is 0 Å². The molecule has 0 bridgehead atoms. The van der Waals surface area contributed by atoms with Gasteiger partial charge in [0, 0.05) is 41.5 Å². The molecule has 0 saturated heterocycles. The first-order chi connectivity index (χ1) is 22.4. The lowest BCUT2D eigenvalue weighted by molar-refractivity contribution is 0.102. The summed E-state index contributed by atoms with van der Waals surface area (Å²) >= 11 is 0. The van der Waals surface area contributed by atoms with Crippen molar-refractivity contribution in [2.45, 2.75) is 32.2 Å². The molecule has 236 valence electrons. The standard InChI is InChI=1S/C38H39N3O5/c1-44-30-10-6-9-27(20-30)33-23-34(42)31-11-7-12-32(37(31)40-33)38(43)39-29-15-13-25(14-16-29)8-4-5-18-41-19-17-26-21-35(45-2)36(46-3)22-28(26)24-41/h6-7,9-16,20-23H,4-5,8,17-19,24H2,1-3H3,(H,39,43)(H,40,42). The number of nitrogens with one attached hydrogen (secondary N) is 2. The van der Waals surface area contributed by atoms with Crippen LogP contribution in [0.5, 0.6) is 17.2 Å². The normalized spacial score (nSPS) is 12.8. The molecule has 1 aliphatic rings. The molecule has 0 spiro atoms. The minimum absolute atomic E-state index is 0.156. The first kappa shape index (κ1) is 30.9. The summed E-state index contributed by atoms with van der Waals surface area (Å²) in [6.45, 7) is 3.02. The van der Waals surface area contributed by atoms with Crippen molar-refractivity contribution in [3.63, 3.8) is 0 Å². The predicted octanol–water partition coefficient (Wildman–Crippen LogP) is 6.85. The lowest BCUT2D eigenvalue weighted by Gasteiger charge is -2.29. The second kappa shape index (κ2) is 13.9. The van der Waals surface area contributed by atoms with Gasteiger partial charge in [0.05, 0.1) is 32.4 Å². The molecule has 6 rings (SSSR count). The summed E-state index contributed by atoms with van der Waals surface area (Å²) in [5.41, 5.74) is 6.75. The summed E-state index contributed by atoms with van der Waals surface area (Å²) in [5.74, 6) is 1.98. The predicted molar refractivity (Wildman–Crippen MR) is 182 cm³/mol. The van der Waals surface area contributed by atoms with Crippen molar-refractivity contribution in [3.05, 3.63) is 117 Å². The van der Waals surface area contributed by atoms with E-state index in [9.17, 15) is 9.59 Å². The number of aromatic amines is 1. The summed E-state index contributed by atoms with van der Waals surface area (Å²) in [4.78, 5) is 32.2. The minimum Gasteiger partial charge on any atom is -0.497 e. The molecule has 8 nitrogen and oxygen atoms in total. The number of carbonyl (C=O) groups excluding carboxylic acids is 1. The maximum Gasteiger partial charge on any atom is 0.257 e. The zero-order chi connectivity index (χ0) is 32.0. The van der Waals surface area contributed by atoms with Crippen molar-refractivity contribution >= 4 is 22.5 Å². The number of hydrogen-bond acceptors (Lipinski definition) is 6. The number of anilines is 1. The molecule has 0 unspecified atom stereocenters. The third kappa shape index (κ3) is 6.77. The lowest BCUT2D eigenvalue weighted by Crippen LogP contribution is -2.31. The molecule has 5 aromatic rings. The molecule has 2 heterocycles. The molecule has 8 heteroatoms. The molecular formula is C38H39N3O5. The zero-order valence-corrected chi connectivity index (χ0v) is 26.5. The number of fused-ring (bicyclic) bond motifs is 2. The number of unbranched alkanes of at least 4 members (excludes halogenated alkanes) is 1. The Bertz CT molecular complexity index is 1920. The molecule has 1 aliphatic heterocycles. The van der Waals surface area contributed by atoms with Crippen molar-refractivity contribution in [1.82, 2.24) is 9.88 Å². The second-order valence-electron chi connectivity index (χ2n) is 11.6. The monoisotopic (exact) mass is 617 g/mol. The van der Waals surface area contributed by atoms with E-state index in [0.717, 1.165) is 62.4 Å². The van der Waals surface area contributed by atoms with Gasteiger partial charge in [-0.2, -0.15) is 0 Å². The Balaban J connectivity index is 1.05. The van der Waals surface area contributed by atoms with Crippen molar-refractivity contribution in [1.29, 1.82) is 0 Å². The van der Waals surface area contributed by atoms with Gasteiger partial charge in [-0.1, -0.05) is 30.3 Å². The number of aromatic nitrogens is 1. The fourth-order valence-electron chi connectivity index (χ4n) is 6.16. The fourth-order valence-corrected chi connectivity index (χ4v) is 6.16. The third-order valence-corrected chi connectivity index (χ3v) is 8.69. The first-order valence-electron chi connectivity index (χ1n) is 15.6. The molecule has 4 aromatic carbocycles. The van der Waals surface area contributed by atoms with Gasteiger partial charge >= 0.3 is 0 Å². The van der Waals surface area contributed by atoms with E-state index in [1.807, 2.05) is 36.4 Å². The summed E-state index contributed by atoms with van der Waals surface area (Å²) in [6, 6.07) is 26.4. The highest BCUT2D eigenvalue weighted by molar-refractivity contribution is 6.12. The van der Waals surface area contributed by atoms with Crippen LogP contribution in [-0.4, -0.2) is 50.2 Å². The number of ether oxygens (including phenoxy) is 3. The van der Waals surface area contributed by atoms with Crippen LogP contribution in [0.25, 0.3) is 22.2 Å². The van der Waals surface area contributed by atoms with E-state index in [4.69, 9.17) is 14.2 Å². The maximum absolute atomic E-state index is 13.4. The smallest absolute Gasteiger partial charge is 0.257 e. The molecule has 0 aliphatic carbocycles. The van der Waals surface area contributed by atoms with Gasteiger partial charge in [0.1, 0.15) is 5.75 Å². The van der Waals surface area contributed by atoms with Crippen LogP contribution >= 0.6 is 0 Å². The summed E-state index contributed by atoms with van der Waals surface area (Å²) in [7, 11) is 4.96. The van der Waals surface area contributed by atoms with Crippen LogP contribution in [0.1, 0.15) is 39.9 Å². The van der Waals surface area contributed by atoms with Crippen LogP contribution in [0.3, 0.4) is 0 Å². The Labute approximate surface area is 268 Å². The quantitative estimate of drug-likeness (QED) is 0.158. The molecule has 0 saturated carbocycles. The van der Waals surface area contributed by atoms with E-state index < -0.39 is 0 Å². The number of nitrogens with zero attached hydrogens (tertiary/aromatic N) is 1. The number of aryl methyl sites for hydroxylation is 1. The van der Waals surface area contributed by atoms with E-state index in [1.165, 1.54) is 16.7 Å². The lowest BCUT2D eigenvalue weighted by atomic mass is 9.98. The van der Waals surface area contributed by atoms with Gasteiger partial charge in [0.15, 0.2) is 16.9 Å². The number of carbonyl (C=O) groups is 1. The van der Waals surface area contributed by atoms with E-state index in [-0.39, 0.29) is 11.3 Å². The van der Waals surface area contributed by atoms with Crippen molar-refractivity contribution in [3.8, 4) is 28.5 Å². The van der Waals surface area contributed by atoms with Crippen LogP contribution < -0.4 is 25.0 Å². The topological polar surface area (TPSA) is 92.9 Å². The number of benzene rings is 4. The molecule has 46 heavy (non-hydrogen) atoms. The number of hydrogen-bond donors (Lipinski definition) is 2.